The highest BCUT2D eigenvalue weighted by Crippen LogP contribution is 2.12. The van der Waals surface area contributed by atoms with E-state index in [4.69, 9.17) is 5.11 Å². The molecule has 1 aromatic rings. The molecule has 0 bridgehead atoms. The summed E-state index contributed by atoms with van der Waals surface area (Å²) in [6.07, 6.45) is 0. The Kier molecular flexibility index (Phi) is 4.97. The molecule has 19 heavy (non-hydrogen) atoms. The SMILES string of the molecule is CC(C)CN(CC(=O)O)C(=O)c1ccc(F)c(F)c1. The van der Waals surface area contributed by atoms with Gasteiger partial charge in [0.2, 0.25) is 0 Å². The van der Waals surface area contributed by atoms with Crippen LogP contribution in [0.3, 0.4) is 0 Å². The molecule has 1 aromatic carbocycles. The molecule has 0 saturated heterocycles. The van der Waals surface area contributed by atoms with Crippen molar-refractivity contribution >= 4 is 11.9 Å². The molecule has 104 valence electrons. The third-order valence-corrected chi connectivity index (χ3v) is 2.37. The van der Waals surface area contributed by atoms with Crippen LogP contribution in [0, 0.1) is 17.6 Å². The summed E-state index contributed by atoms with van der Waals surface area (Å²) >= 11 is 0. The predicted molar refractivity (Wildman–Crippen MR) is 64.7 cm³/mol. The van der Waals surface area contributed by atoms with E-state index in [-0.39, 0.29) is 18.0 Å². The van der Waals surface area contributed by atoms with E-state index in [0.29, 0.717) is 0 Å². The van der Waals surface area contributed by atoms with Gasteiger partial charge in [0.15, 0.2) is 11.6 Å². The first kappa shape index (κ1) is 15.1. The van der Waals surface area contributed by atoms with Crippen LogP contribution < -0.4 is 0 Å². The number of halogens is 2. The molecule has 0 unspecified atom stereocenters. The second-order valence-corrected chi connectivity index (χ2v) is 4.60. The van der Waals surface area contributed by atoms with E-state index in [1.165, 1.54) is 0 Å². The van der Waals surface area contributed by atoms with Gasteiger partial charge in [0.1, 0.15) is 6.54 Å². The molecule has 6 heteroatoms. The van der Waals surface area contributed by atoms with Crippen molar-refractivity contribution in [2.75, 3.05) is 13.1 Å². The predicted octanol–water partition coefficient (Wildman–Crippen LogP) is 2.15. The van der Waals surface area contributed by atoms with Crippen molar-refractivity contribution in [3.05, 3.63) is 35.4 Å². The monoisotopic (exact) mass is 271 g/mol. The van der Waals surface area contributed by atoms with Crippen LogP contribution in [0.1, 0.15) is 24.2 Å². The van der Waals surface area contributed by atoms with Gasteiger partial charge in [-0.15, -0.1) is 0 Å². The van der Waals surface area contributed by atoms with Gasteiger partial charge < -0.3 is 10.0 Å². The molecule has 0 aliphatic rings. The number of amides is 1. The normalized spacial score (nSPS) is 10.6. The lowest BCUT2D eigenvalue weighted by molar-refractivity contribution is -0.137. The zero-order chi connectivity index (χ0) is 14.6. The molecule has 4 nitrogen and oxygen atoms in total. The smallest absolute Gasteiger partial charge is 0.323 e. The van der Waals surface area contributed by atoms with Crippen molar-refractivity contribution < 1.29 is 23.5 Å². The number of carbonyl (C=O) groups is 2. The van der Waals surface area contributed by atoms with E-state index in [2.05, 4.69) is 0 Å². The molecule has 0 spiro atoms. The Morgan fingerprint density at radius 2 is 1.89 bits per heavy atom. The van der Waals surface area contributed by atoms with E-state index < -0.39 is 30.1 Å². The number of carboxylic acid groups (broad SMARTS) is 1. The second kappa shape index (κ2) is 6.26. The molecule has 0 aliphatic carbocycles. The first-order chi connectivity index (χ1) is 8.81. The maximum Gasteiger partial charge on any atom is 0.323 e. The summed E-state index contributed by atoms with van der Waals surface area (Å²) in [4.78, 5) is 23.9. The fraction of sp³-hybridized carbons (Fsp3) is 0.385. The Labute approximate surface area is 109 Å². The number of aliphatic carboxylic acids is 1. The number of carboxylic acids is 1. The summed E-state index contributed by atoms with van der Waals surface area (Å²) in [6, 6.07) is 2.75. The van der Waals surface area contributed by atoms with Gasteiger partial charge in [-0.25, -0.2) is 8.78 Å². The van der Waals surface area contributed by atoms with Crippen LogP contribution in [-0.2, 0) is 4.79 Å². The third kappa shape index (κ3) is 4.31. The Hall–Kier alpha value is -1.98. The summed E-state index contributed by atoms with van der Waals surface area (Å²) in [7, 11) is 0. The highest BCUT2D eigenvalue weighted by atomic mass is 19.2. The first-order valence-corrected chi connectivity index (χ1v) is 5.77. The molecular formula is C13H15F2NO3. The largest absolute Gasteiger partial charge is 0.480 e. The minimum atomic E-state index is -1.16. The summed E-state index contributed by atoms with van der Waals surface area (Å²) in [6.45, 7) is 3.40. The standard InChI is InChI=1S/C13H15F2NO3/c1-8(2)6-16(7-12(17)18)13(19)9-3-4-10(14)11(15)5-9/h3-5,8H,6-7H2,1-2H3,(H,17,18). The average molecular weight is 271 g/mol. The number of hydrogen-bond acceptors (Lipinski definition) is 2. The van der Waals surface area contributed by atoms with Gasteiger partial charge in [0, 0.05) is 12.1 Å². The Balaban J connectivity index is 2.97. The van der Waals surface area contributed by atoms with Gasteiger partial charge in [-0.3, -0.25) is 9.59 Å². The van der Waals surface area contributed by atoms with E-state index >= 15 is 0 Å². The van der Waals surface area contributed by atoms with Gasteiger partial charge in [0.05, 0.1) is 0 Å². The van der Waals surface area contributed by atoms with Crippen molar-refractivity contribution in [2.24, 2.45) is 5.92 Å². The zero-order valence-electron chi connectivity index (χ0n) is 10.7. The number of benzene rings is 1. The Bertz CT molecular complexity index is 489. The van der Waals surface area contributed by atoms with Crippen LogP contribution in [0.5, 0.6) is 0 Å². The first-order valence-electron chi connectivity index (χ1n) is 5.77. The third-order valence-electron chi connectivity index (χ3n) is 2.37. The fourth-order valence-corrected chi connectivity index (χ4v) is 1.64. The number of carbonyl (C=O) groups excluding carboxylic acids is 1. The zero-order valence-corrected chi connectivity index (χ0v) is 10.7. The number of nitrogens with zero attached hydrogens (tertiary/aromatic N) is 1. The maximum absolute atomic E-state index is 13.1. The molecule has 1 rings (SSSR count). The summed E-state index contributed by atoms with van der Waals surface area (Å²) in [5.41, 5.74) is -0.0687. The lowest BCUT2D eigenvalue weighted by Crippen LogP contribution is -2.38. The minimum absolute atomic E-state index is 0.0635. The fourth-order valence-electron chi connectivity index (χ4n) is 1.64. The van der Waals surface area contributed by atoms with E-state index in [1.807, 2.05) is 13.8 Å². The van der Waals surface area contributed by atoms with Crippen LogP contribution in [0.2, 0.25) is 0 Å². The van der Waals surface area contributed by atoms with E-state index in [9.17, 15) is 18.4 Å². The lowest BCUT2D eigenvalue weighted by atomic mass is 10.1. The molecule has 0 atom stereocenters. The van der Waals surface area contributed by atoms with Crippen molar-refractivity contribution in [2.45, 2.75) is 13.8 Å². The van der Waals surface area contributed by atoms with Crippen LogP contribution in [-0.4, -0.2) is 35.0 Å². The number of rotatable bonds is 5. The maximum atomic E-state index is 13.1. The van der Waals surface area contributed by atoms with Crippen molar-refractivity contribution in [1.82, 2.24) is 4.90 Å². The molecule has 0 aliphatic heterocycles. The molecule has 0 fully saturated rings. The Morgan fingerprint density at radius 1 is 1.26 bits per heavy atom. The molecule has 1 amide bonds. The molecule has 0 heterocycles. The minimum Gasteiger partial charge on any atom is -0.480 e. The van der Waals surface area contributed by atoms with Crippen LogP contribution in [0.25, 0.3) is 0 Å². The second-order valence-electron chi connectivity index (χ2n) is 4.60. The van der Waals surface area contributed by atoms with Gasteiger partial charge in [-0.05, 0) is 24.1 Å². The molecule has 0 saturated carbocycles. The Morgan fingerprint density at radius 3 is 2.37 bits per heavy atom. The molecule has 1 N–H and O–H groups in total. The van der Waals surface area contributed by atoms with Crippen LogP contribution in [0.4, 0.5) is 8.78 Å². The van der Waals surface area contributed by atoms with E-state index in [0.717, 1.165) is 23.1 Å². The molecular weight excluding hydrogens is 256 g/mol. The van der Waals surface area contributed by atoms with Crippen LogP contribution in [0.15, 0.2) is 18.2 Å². The highest BCUT2D eigenvalue weighted by molar-refractivity contribution is 5.95. The van der Waals surface area contributed by atoms with Crippen LogP contribution >= 0.6 is 0 Å². The quantitative estimate of drug-likeness (QED) is 0.892. The summed E-state index contributed by atoms with van der Waals surface area (Å²) in [5.74, 6) is -3.91. The summed E-state index contributed by atoms with van der Waals surface area (Å²) in [5, 5.41) is 8.76. The summed E-state index contributed by atoms with van der Waals surface area (Å²) < 4.78 is 25.9. The van der Waals surface area contributed by atoms with Gasteiger partial charge in [0.25, 0.3) is 5.91 Å². The van der Waals surface area contributed by atoms with Gasteiger partial charge in [-0.2, -0.15) is 0 Å². The lowest BCUT2D eigenvalue weighted by Gasteiger charge is -2.22. The molecule has 0 aromatic heterocycles. The van der Waals surface area contributed by atoms with Gasteiger partial charge >= 0.3 is 5.97 Å². The highest BCUT2D eigenvalue weighted by Gasteiger charge is 2.20. The number of hydrogen-bond donors (Lipinski definition) is 1. The van der Waals surface area contributed by atoms with Gasteiger partial charge in [-0.1, -0.05) is 13.8 Å². The average Bonchev–Trinajstić information content (AvgIpc) is 2.29. The van der Waals surface area contributed by atoms with Crippen molar-refractivity contribution in [3.63, 3.8) is 0 Å². The van der Waals surface area contributed by atoms with Crippen molar-refractivity contribution in [1.29, 1.82) is 0 Å². The van der Waals surface area contributed by atoms with E-state index in [1.54, 1.807) is 0 Å². The van der Waals surface area contributed by atoms with Crippen molar-refractivity contribution in [3.8, 4) is 0 Å². The molecule has 0 radical (unpaired) electrons. The topological polar surface area (TPSA) is 57.6 Å².